The number of hydrogen-bond donors (Lipinski definition) is 2. The lowest BCUT2D eigenvalue weighted by Gasteiger charge is -2.37. The van der Waals surface area contributed by atoms with E-state index in [0.29, 0.717) is 6.42 Å². The Morgan fingerprint density at radius 2 is 1.90 bits per heavy atom. The van der Waals surface area contributed by atoms with Gasteiger partial charge in [0, 0.05) is 54.0 Å². The Hall–Kier alpha value is -2.86. The van der Waals surface area contributed by atoms with Gasteiger partial charge in [0.2, 0.25) is 5.91 Å². The highest BCUT2D eigenvalue weighted by atomic mass is 19.1. The summed E-state index contributed by atoms with van der Waals surface area (Å²) in [4.78, 5) is 21.0. The average Bonchev–Trinajstić information content (AvgIpc) is 3.08. The molecule has 0 aliphatic carbocycles. The maximum Gasteiger partial charge on any atom is 0.224 e. The van der Waals surface area contributed by atoms with Crippen molar-refractivity contribution in [3.05, 3.63) is 65.1 Å². The van der Waals surface area contributed by atoms with Gasteiger partial charge in [0.05, 0.1) is 12.5 Å². The molecular formula is C25H31FN4O. The van der Waals surface area contributed by atoms with Crippen LogP contribution in [-0.2, 0) is 11.2 Å². The molecule has 1 aliphatic rings. The number of aromatic nitrogens is 1. The van der Waals surface area contributed by atoms with Crippen LogP contribution in [0.15, 0.2) is 42.5 Å². The summed E-state index contributed by atoms with van der Waals surface area (Å²) in [5, 5.41) is 4.17. The van der Waals surface area contributed by atoms with Crippen LogP contribution >= 0.6 is 0 Å². The van der Waals surface area contributed by atoms with E-state index in [1.807, 2.05) is 44.2 Å². The van der Waals surface area contributed by atoms with Gasteiger partial charge in [0.15, 0.2) is 0 Å². The number of nitrogens with zero attached hydrogens (tertiary/aromatic N) is 2. The Morgan fingerprint density at radius 3 is 2.65 bits per heavy atom. The molecule has 5 nitrogen and oxygen atoms in total. The van der Waals surface area contributed by atoms with Crippen LogP contribution in [0.2, 0.25) is 0 Å². The third kappa shape index (κ3) is 4.59. The van der Waals surface area contributed by atoms with Gasteiger partial charge in [-0.3, -0.25) is 4.79 Å². The molecule has 2 aromatic carbocycles. The molecule has 1 fully saturated rings. The predicted molar refractivity (Wildman–Crippen MR) is 124 cm³/mol. The van der Waals surface area contributed by atoms with Crippen molar-refractivity contribution in [3.8, 4) is 0 Å². The fourth-order valence-electron chi connectivity index (χ4n) is 4.56. The molecule has 0 saturated carbocycles. The van der Waals surface area contributed by atoms with Crippen molar-refractivity contribution >= 4 is 22.5 Å². The molecule has 3 aromatic rings. The summed E-state index contributed by atoms with van der Waals surface area (Å²) in [7, 11) is 0. The Balaban J connectivity index is 1.50. The van der Waals surface area contributed by atoms with Gasteiger partial charge in [-0.05, 0) is 50.2 Å². The molecule has 164 valence electrons. The van der Waals surface area contributed by atoms with Gasteiger partial charge >= 0.3 is 0 Å². The van der Waals surface area contributed by atoms with Crippen LogP contribution in [0, 0.1) is 12.7 Å². The normalized spacial score (nSPS) is 15.9. The minimum Gasteiger partial charge on any atom is -0.369 e. The van der Waals surface area contributed by atoms with Crippen molar-refractivity contribution in [2.75, 3.05) is 37.6 Å². The number of H-pyrrole nitrogens is 1. The van der Waals surface area contributed by atoms with E-state index in [4.69, 9.17) is 0 Å². The zero-order valence-electron chi connectivity index (χ0n) is 18.5. The van der Waals surface area contributed by atoms with Gasteiger partial charge in [-0.2, -0.15) is 0 Å². The first-order valence-electron chi connectivity index (χ1n) is 11.1. The van der Waals surface area contributed by atoms with E-state index >= 15 is 0 Å². The van der Waals surface area contributed by atoms with Crippen molar-refractivity contribution in [2.45, 2.75) is 33.2 Å². The number of fused-ring (bicyclic) bond motifs is 1. The van der Waals surface area contributed by atoms with Crippen LogP contribution < -0.4 is 10.2 Å². The second kappa shape index (κ2) is 9.10. The summed E-state index contributed by atoms with van der Waals surface area (Å²) in [6, 6.07) is 12.6. The molecule has 6 heteroatoms. The third-order valence-corrected chi connectivity index (χ3v) is 6.36. The minimum atomic E-state index is -0.284. The van der Waals surface area contributed by atoms with Gasteiger partial charge in [-0.15, -0.1) is 0 Å². The molecule has 1 unspecified atom stereocenters. The van der Waals surface area contributed by atoms with Crippen LogP contribution in [0.1, 0.15) is 36.7 Å². The maximum absolute atomic E-state index is 14.1. The predicted octanol–water partition coefficient (Wildman–Crippen LogP) is 4.18. The number of para-hydroxylation sites is 1. The molecule has 1 saturated heterocycles. The molecule has 2 heterocycles. The van der Waals surface area contributed by atoms with Crippen molar-refractivity contribution in [1.82, 2.24) is 15.2 Å². The molecule has 2 N–H and O–H groups in total. The first kappa shape index (κ1) is 21.4. The number of halogens is 1. The van der Waals surface area contributed by atoms with Crippen molar-refractivity contribution < 1.29 is 9.18 Å². The second-order valence-corrected chi connectivity index (χ2v) is 8.36. The Bertz CT molecular complexity index is 1070. The lowest BCUT2D eigenvalue weighted by molar-refractivity contribution is -0.121. The number of amides is 1. The fraction of sp³-hybridized carbons (Fsp3) is 0.400. The van der Waals surface area contributed by atoms with Gasteiger partial charge in [0.25, 0.3) is 0 Å². The summed E-state index contributed by atoms with van der Waals surface area (Å²) >= 11 is 0. The number of aryl methyl sites for hydroxylation is 1. The van der Waals surface area contributed by atoms with Crippen LogP contribution in [0.25, 0.3) is 10.9 Å². The van der Waals surface area contributed by atoms with Gasteiger partial charge in [-0.1, -0.05) is 25.1 Å². The summed E-state index contributed by atoms with van der Waals surface area (Å²) in [6.45, 7) is 10.9. The van der Waals surface area contributed by atoms with E-state index in [9.17, 15) is 9.18 Å². The van der Waals surface area contributed by atoms with Crippen LogP contribution in [0.3, 0.4) is 0 Å². The number of carbonyl (C=O) groups is 1. The largest absolute Gasteiger partial charge is 0.369 e. The SMILES string of the molecule is CCN1CCN(c2ccc(F)cc2C(C)NC(=O)Cc2c(C)[nH]c3ccccc23)CC1. The zero-order chi connectivity index (χ0) is 22.0. The first-order chi connectivity index (χ1) is 15.0. The molecule has 1 atom stereocenters. The fourth-order valence-corrected chi connectivity index (χ4v) is 4.56. The van der Waals surface area contributed by atoms with Crippen LogP contribution in [0.5, 0.6) is 0 Å². The molecule has 0 bridgehead atoms. The lowest BCUT2D eigenvalue weighted by atomic mass is 10.0. The first-order valence-corrected chi connectivity index (χ1v) is 11.1. The number of carbonyl (C=O) groups excluding carboxylic acids is 1. The van der Waals surface area contributed by atoms with Crippen molar-refractivity contribution in [2.24, 2.45) is 0 Å². The van der Waals surface area contributed by atoms with Gasteiger partial charge in [0.1, 0.15) is 5.82 Å². The Morgan fingerprint density at radius 1 is 1.16 bits per heavy atom. The van der Waals surface area contributed by atoms with E-state index in [0.717, 1.165) is 66.1 Å². The van der Waals surface area contributed by atoms with E-state index in [2.05, 4.69) is 27.0 Å². The topological polar surface area (TPSA) is 51.4 Å². The molecule has 4 rings (SSSR count). The van der Waals surface area contributed by atoms with E-state index in [1.165, 1.54) is 6.07 Å². The number of likely N-dealkylation sites (N-methyl/N-ethyl adjacent to an activating group) is 1. The number of anilines is 1. The number of rotatable bonds is 6. The van der Waals surface area contributed by atoms with Crippen LogP contribution in [0.4, 0.5) is 10.1 Å². The molecule has 1 amide bonds. The Labute approximate surface area is 183 Å². The van der Waals surface area contributed by atoms with Crippen molar-refractivity contribution in [1.29, 1.82) is 0 Å². The minimum absolute atomic E-state index is 0.0635. The molecule has 1 aliphatic heterocycles. The van der Waals surface area contributed by atoms with E-state index in [-0.39, 0.29) is 17.8 Å². The smallest absolute Gasteiger partial charge is 0.224 e. The number of hydrogen-bond acceptors (Lipinski definition) is 3. The van der Waals surface area contributed by atoms with E-state index in [1.54, 1.807) is 6.07 Å². The molecule has 31 heavy (non-hydrogen) atoms. The van der Waals surface area contributed by atoms with Gasteiger partial charge < -0.3 is 20.1 Å². The summed E-state index contributed by atoms with van der Waals surface area (Å²) in [5.74, 6) is -0.342. The maximum atomic E-state index is 14.1. The highest BCUT2D eigenvalue weighted by Gasteiger charge is 2.22. The molecule has 1 aromatic heterocycles. The number of nitrogens with one attached hydrogen (secondary N) is 2. The Kier molecular flexibility index (Phi) is 6.28. The zero-order valence-corrected chi connectivity index (χ0v) is 18.5. The van der Waals surface area contributed by atoms with E-state index < -0.39 is 0 Å². The summed E-state index contributed by atoms with van der Waals surface area (Å²) in [6.07, 6.45) is 0.292. The highest BCUT2D eigenvalue weighted by Crippen LogP contribution is 2.29. The summed E-state index contributed by atoms with van der Waals surface area (Å²) < 4.78 is 14.1. The number of aromatic amines is 1. The third-order valence-electron chi connectivity index (χ3n) is 6.36. The monoisotopic (exact) mass is 422 g/mol. The van der Waals surface area contributed by atoms with Crippen molar-refractivity contribution in [3.63, 3.8) is 0 Å². The molecule has 0 spiro atoms. The number of piperazine rings is 1. The number of benzene rings is 2. The quantitative estimate of drug-likeness (QED) is 0.627. The van der Waals surface area contributed by atoms with Gasteiger partial charge in [-0.25, -0.2) is 4.39 Å². The lowest BCUT2D eigenvalue weighted by Crippen LogP contribution is -2.46. The standard InChI is InChI=1S/C25H31FN4O/c1-4-29-11-13-30(14-12-29)24-10-9-19(26)15-22(24)18(3)28-25(31)16-21-17(2)27-23-8-6-5-7-20(21)23/h5-10,15,18,27H,4,11-14,16H2,1-3H3,(H,28,31). The van der Waals surface area contributed by atoms with Crippen LogP contribution in [-0.4, -0.2) is 48.5 Å². The molecule has 0 radical (unpaired) electrons. The summed E-state index contributed by atoms with van der Waals surface area (Å²) in [5.41, 5.74) is 4.89. The highest BCUT2D eigenvalue weighted by molar-refractivity contribution is 5.90. The molecular weight excluding hydrogens is 391 g/mol. The average molecular weight is 423 g/mol. The second-order valence-electron chi connectivity index (χ2n) is 8.36.